The standard InChI is InChI=1S/C18H18N4O2/c1-22(2)15-8-5-13(6-9-15)20-17-10-7-14(12-19-17)21-18(23)16-4-3-11-24-16/h3-12H,1-2H3,(H,19,20)(H,21,23). The van der Waals surface area contributed by atoms with Crippen LogP contribution in [0.25, 0.3) is 0 Å². The normalized spacial score (nSPS) is 10.2. The van der Waals surface area contributed by atoms with E-state index in [-0.39, 0.29) is 11.7 Å². The molecule has 0 aliphatic carbocycles. The van der Waals surface area contributed by atoms with E-state index in [2.05, 4.69) is 15.6 Å². The van der Waals surface area contributed by atoms with Gasteiger partial charge in [0.15, 0.2) is 5.76 Å². The molecule has 0 saturated carbocycles. The van der Waals surface area contributed by atoms with E-state index in [0.717, 1.165) is 11.4 Å². The second-order valence-electron chi connectivity index (χ2n) is 5.43. The zero-order valence-corrected chi connectivity index (χ0v) is 13.5. The summed E-state index contributed by atoms with van der Waals surface area (Å²) in [6.07, 6.45) is 3.05. The summed E-state index contributed by atoms with van der Waals surface area (Å²) in [6, 6.07) is 14.9. The highest BCUT2D eigenvalue weighted by atomic mass is 16.3. The Kier molecular flexibility index (Phi) is 4.47. The topological polar surface area (TPSA) is 70.4 Å². The number of pyridine rings is 1. The van der Waals surface area contributed by atoms with Crippen molar-refractivity contribution in [3.8, 4) is 0 Å². The number of amides is 1. The third-order valence-electron chi connectivity index (χ3n) is 3.42. The molecule has 1 amide bonds. The molecule has 1 aromatic carbocycles. The zero-order valence-electron chi connectivity index (χ0n) is 13.5. The monoisotopic (exact) mass is 322 g/mol. The van der Waals surface area contributed by atoms with Gasteiger partial charge < -0.3 is 20.0 Å². The first-order valence-electron chi connectivity index (χ1n) is 7.47. The lowest BCUT2D eigenvalue weighted by molar-refractivity contribution is 0.0996. The van der Waals surface area contributed by atoms with Crippen LogP contribution in [0, 0.1) is 0 Å². The first-order chi connectivity index (χ1) is 11.6. The van der Waals surface area contributed by atoms with E-state index in [0.29, 0.717) is 11.5 Å². The fourth-order valence-electron chi connectivity index (χ4n) is 2.13. The number of furan rings is 1. The summed E-state index contributed by atoms with van der Waals surface area (Å²) in [4.78, 5) is 18.2. The molecular formula is C18H18N4O2. The lowest BCUT2D eigenvalue weighted by atomic mass is 10.2. The van der Waals surface area contributed by atoms with Gasteiger partial charge in [0.2, 0.25) is 0 Å². The lowest BCUT2D eigenvalue weighted by Gasteiger charge is -2.13. The molecule has 6 nitrogen and oxygen atoms in total. The van der Waals surface area contributed by atoms with E-state index in [4.69, 9.17) is 4.42 Å². The van der Waals surface area contributed by atoms with E-state index in [1.165, 1.54) is 6.26 Å². The Labute approximate surface area is 140 Å². The summed E-state index contributed by atoms with van der Waals surface area (Å²) in [5.41, 5.74) is 2.68. The third-order valence-corrected chi connectivity index (χ3v) is 3.42. The van der Waals surface area contributed by atoms with Gasteiger partial charge in [-0.05, 0) is 48.5 Å². The zero-order chi connectivity index (χ0) is 16.9. The minimum atomic E-state index is -0.304. The Balaban J connectivity index is 1.63. The summed E-state index contributed by atoms with van der Waals surface area (Å²) in [5.74, 6) is 0.656. The van der Waals surface area contributed by atoms with Crippen LogP contribution in [0.2, 0.25) is 0 Å². The van der Waals surface area contributed by atoms with Crippen LogP contribution in [-0.2, 0) is 0 Å². The van der Waals surface area contributed by atoms with Gasteiger partial charge >= 0.3 is 0 Å². The van der Waals surface area contributed by atoms with Crippen molar-refractivity contribution < 1.29 is 9.21 Å². The van der Waals surface area contributed by atoms with Crippen molar-refractivity contribution in [2.75, 3.05) is 29.6 Å². The van der Waals surface area contributed by atoms with Crippen LogP contribution in [0.5, 0.6) is 0 Å². The minimum Gasteiger partial charge on any atom is -0.459 e. The first-order valence-corrected chi connectivity index (χ1v) is 7.47. The van der Waals surface area contributed by atoms with Crippen molar-refractivity contribution in [1.82, 2.24) is 4.98 Å². The maximum absolute atomic E-state index is 11.9. The molecule has 0 bridgehead atoms. The molecular weight excluding hydrogens is 304 g/mol. The first kappa shape index (κ1) is 15.6. The van der Waals surface area contributed by atoms with Crippen molar-refractivity contribution in [2.45, 2.75) is 0 Å². The second kappa shape index (κ2) is 6.87. The average Bonchev–Trinajstić information content (AvgIpc) is 3.12. The van der Waals surface area contributed by atoms with Crippen LogP contribution in [0.1, 0.15) is 10.6 Å². The maximum atomic E-state index is 11.9. The number of carbonyl (C=O) groups is 1. The molecule has 0 fully saturated rings. The number of aromatic nitrogens is 1. The molecule has 3 aromatic rings. The molecule has 2 aromatic heterocycles. The maximum Gasteiger partial charge on any atom is 0.291 e. The van der Waals surface area contributed by atoms with Gasteiger partial charge in [-0.3, -0.25) is 4.79 Å². The largest absolute Gasteiger partial charge is 0.459 e. The van der Waals surface area contributed by atoms with E-state index >= 15 is 0 Å². The highest BCUT2D eigenvalue weighted by Crippen LogP contribution is 2.20. The van der Waals surface area contributed by atoms with Crippen LogP contribution >= 0.6 is 0 Å². The minimum absolute atomic E-state index is 0.262. The van der Waals surface area contributed by atoms with Crippen LogP contribution in [-0.4, -0.2) is 25.0 Å². The van der Waals surface area contributed by atoms with Crippen molar-refractivity contribution in [3.63, 3.8) is 0 Å². The van der Waals surface area contributed by atoms with E-state index < -0.39 is 0 Å². The van der Waals surface area contributed by atoms with Gasteiger partial charge in [0.25, 0.3) is 5.91 Å². The Morgan fingerprint density at radius 3 is 2.38 bits per heavy atom. The predicted molar refractivity (Wildman–Crippen MR) is 94.9 cm³/mol. The van der Waals surface area contributed by atoms with Crippen molar-refractivity contribution >= 4 is 28.8 Å². The number of rotatable bonds is 5. The molecule has 6 heteroatoms. The fourth-order valence-corrected chi connectivity index (χ4v) is 2.13. The van der Waals surface area contributed by atoms with Crippen LogP contribution in [0.3, 0.4) is 0 Å². The van der Waals surface area contributed by atoms with E-state index in [1.54, 1.807) is 30.5 Å². The summed E-state index contributed by atoms with van der Waals surface area (Å²) >= 11 is 0. The van der Waals surface area contributed by atoms with Crippen LogP contribution < -0.4 is 15.5 Å². The fraction of sp³-hybridized carbons (Fsp3) is 0.111. The number of hydrogen-bond acceptors (Lipinski definition) is 5. The smallest absolute Gasteiger partial charge is 0.291 e. The molecule has 0 atom stereocenters. The summed E-state index contributed by atoms with van der Waals surface area (Å²) in [7, 11) is 4.00. The van der Waals surface area contributed by atoms with Gasteiger partial charge in [-0.1, -0.05) is 0 Å². The molecule has 0 saturated heterocycles. The van der Waals surface area contributed by atoms with Gasteiger partial charge in [0.1, 0.15) is 5.82 Å². The van der Waals surface area contributed by atoms with Crippen LogP contribution in [0.15, 0.2) is 65.4 Å². The van der Waals surface area contributed by atoms with Gasteiger partial charge in [0, 0.05) is 25.5 Å². The number of hydrogen-bond donors (Lipinski definition) is 2. The van der Waals surface area contributed by atoms with Crippen molar-refractivity contribution in [2.24, 2.45) is 0 Å². The summed E-state index contributed by atoms with van der Waals surface area (Å²) in [6.45, 7) is 0. The molecule has 0 unspecified atom stereocenters. The predicted octanol–water partition coefficient (Wildman–Crippen LogP) is 3.74. The molecule has 0 radical (unpaired) electrons. The SMILES string of the molecule is CN(C)c1ccc(Nc2ccc(NC(=O)c3ccco3)cn2)cc1. The molecule has 0 spiro atoms. The quantitative estimate of drug-likeness (QED) is 0.749. The van der Waals surface area contributed by atoms with E-state index in [9.17, 15) is 4.79 Å². The average molecular weight is 322 g/mol. The highest BCUT2D eigenvalue weighted by molar-refractivity contribution is 6.02. The van der Waals surface area contributed by atoms with Crippen LogP contribution in [0.4, 0.5) is 22.9 Å². The second-order valence-corrected chi connectivity index (χ2v) is 5.43. The Morgan fingerprint density at radius 1 is 1.04 bits per heavy atom. The Hall–Kier alpha value is -3.28. The number of nitrogens with one attached hydrogen (secondary N) is 2. The molecule has 2 heterocycles. The molecule has 122 valence electrons. The summed E-state index contributed by atoms with van der Waals surface area (Å²) < 4.78 is 5.05. The number of anilines is 4. The van der Waals surface area contributed by atoms with Gasteiger partial charge in [0.05, 0.1) is 18.1 Å². The van der Waals surface area contributed by atoms with Gasteiger partial charge in [-0.15, -0.1) is 0 Å². The third kappa shape index (κ3) is 3.73. The highest BCUT2D eigenvalue weighted by Gasteiger charge is 2.08. The molecule has 3 rings (SSSR count). The molecule has 0 aliphatic heterocycles. The Morgan fingerprint density at radius 2 is 1.79 bits per heavy atom. The van der Waals surface area contributed by atoms with E-state index in [1.807, 2.05) is 43.3 Å². The molecule has 24 heavy (non-hydrogen) atoms. The van der Waals surface area contributed by atoms with Crippen molar-refractivity contribution in [1.29, 1.82) is 0 Å². The lowest BCUT2D eigenvalue weighted by Crippen LogP contribution is -2.11. The molecule has 2 N–H and O–H groups in total. The summed E-state index contributed by atoms with van der Waals surface area (Å²) in [5, 5.41) is 5.94. The number of nitrogens with zero attached hydrogens (tertiary/aromatic N) is 2. The van der Waals surface area contributed by atoms with Gasteiger partial charge in [-0.2, -0.15) is 0 Å². The molecule has 0 aliphatic rings. The number of carbonyl (C=O) groups excluding carboxylic acids is 1. The Bertz CT molecular complexity index is 794. The van der Waals surface area contributed by atoms with Gasteiger partial charge in [-0.25, -0.2) is 4.98 Å². The number of benzene rings is 1. The van der Waals surface area contributed by atoms with Crippen molar-refractivity contribution in [3.05, 3.63) is 66.8 Å².